The summed E-state index contributed by atoms with van der Waals surface area (Å²) in [5.74, 6) is 1.74. The second kappa shape index (κ2) is 5.87. The molecule has 0 aromatic heterocycles. The molecule has 1 aliphatic rings. The van der Waals surface area contributed by atoms with Crippen molar-refractivity contribution >= 4 is 5.71 Å². The van der Waals surface area contributed by atoms with E-state index in [0.717, 1.165) is 34.8 Å². The Bertz CT molecular complexity index is 650. The molecule has 1 heterocycles. The van der Waals surface area contributed by atoms with Gasteiger partial charge in [0.25, 0.3) is 0 Å². The molecule has 0 fully saturated rings. The first-order valence-corrected chi connectivity index (χ1v) is 6.91. The molecule has 0 saturated heterocycles. The van der Waals surface area contributed by atoms with Gasteiger partial charge < -0.3 is 14.9 Å². The molecule has 4 nitrogen and oxygen atoms in total. The molecule has 4 heteroatoms. The number of benzene rings is 2. The Balaban J connectivity index is 1.77. The standard InChI is InChI=1S/C17H18N2O2/c1-20-13-9-7-12(8-10-13)15-11-16(19-18-15)14-5-3-4-6-17(14)21-2/h3-10,16,19H,11H2,1-2H3. The van der Waals surface area contributed by atoms with Gasteiger partial charge in [-0.05, 0) is 35.9 Å². The Hall–Kier alpha value is -2.49. The van der Waals surface area contributed by atoms with Crippen LogP contribution in [0.2, 0.25) is 0 Å². The van der Waals surface area contributed by atoms with Crippen LogP contribution in [0.5, 0.6) is 11.5 Å². The summed E-state index contributed by atoms with van der Waals surface area (Å²) in [6, 6.07) is 16.2. The average Bonchev–Trinajstić information content (AvgIpc) is 3.04. The van der Waals surface area contributed by atoms with Gasteiger partial charge in [-0.25, -0.2) is 0 Å². The van der Waals surface area contributed by atoms with E-state index in [1.165, 1.54) is 0 Å². The molecule has 21 heavy (non-hydrogen) atoms. The van der Waals surface area contributed by atoms with Crippen molar-refractivity contribution in [1.82, 2.24) is 5.43 Å². The van der Waals surface area contributed by atoms with Gasteiger partial charge in [-0.2, -0.15) is 5.10 Å². The molecule has 0 spiro atoms. The fourth-order valence-electron chi connectivity index (χ4n) is 2.54. The predicted octanol–water partition coefficient (Wildman–Crippen LogP) is 3.14. The highest BCUT2D eigenvalue weighted by Gasteiger charge is 2.23. The van der Waals surface area contributed by atoms with Crippen molar-refractivity contribution in [3.63, 3.8) is 0 Å². The van der Waals surface area contributed by atoms with Crippen molar-refractivity contribution in [1.29, 1.82) is 0 Å². The van der Waals surface area contributed by atoms with E-state index in [-0.39, 0.29) is 6.04 Å². The van der Waals surface area contributed by atoms with Crippen LogP contribution in [0, 0.1) is 0 Å². The number of para-hydroxylation sites is 1. The summed E-state index contributed by atoms with van der Waals surface area (Å²) in [5, 5.41) is 4.46. The summed E-state index contributed by atoms with van der Waals surface area (Å²) < 4.78 is 10.6. The topological polar surface area (TPSA) is 42.8 Å². The third-order valence-corrected chi connectivity index (χ3v) is 3.69. The van der Waals surface area contributed by atoms with Gasteiger partial charge in [0.15, 0.2) is 0 Å². The number of ether oxygens (including phenoxy) is 2. The van der Waals surface area contributed by atoms with Crippen molar-refractivity contribution in [2.24, 2.45) is 5.10 Å². The lowest BCUT2D eigenvalue weighted by Gasteiger charge is -2.14. The summed E-state index contributed by atoms with van der Waals surface area (Å²) in [6.45, 7) is 0. The molecule has 1 N–H and O–H groups in total. The Morgan fingerprint density at radius 2 is 1.76 bits per heavy atom. The van der Waals surface area contributed by atoms with E-state index in [0.29, 0.717) is 0 Å². The second-order valence-corrected chi connectivity index (χ2v) is 4.91. The largest absolute Gasteiger partial charge is 0.497 e. The molecular formula is C17H18N2O2. The van der Waals surface area contributed by atoms with E-state index in [4.69, 9.17) is 9.47 Å². The Kier molecular flexibility index (Phi) is 3.77. The summed E-state index contributed by atoms with van der Waals surface area (Å²) >= 11 is 0. The minimum Gasteiger partial charge on any atom is -0.497 e. The van der Waals surface area contributed by atoms with E-state index < -0.39 is 0 Å². The number of hydrogen-bond acceptors (Lipinski definition) is 4. The van der Waals surface area contributed by atoms with Crippen molar-refractivity contribution in [3.8, 4) is 11.5 Å². The van der Waals surface area contributed by atoms with Crippen molar-refractivity contribution in [2.75, 3.05) is 14.2 Å². The molecule has 0 radical (unpaired) electrons. The summed E-state index contributed by atoms with van der Waals surface area (Å²) in [5.41, 5.74) is 6.49. The molecule has 1 atom stereocenters. The molecule has 108 valence electrons. The number of rotatable bonds is 4. The maximum absolute atomic E-state index is 5.42. The van der Waals surface area contributed by atoms with E-state index in [9.17, 15) is 0 Å². The van der Waals surface area contributed by atoms with Crippen LogP contribution in [0.3, 0.4) is 0 Å². The lowest BCUT2D eigenvalue weighted by atomic mass is 9.98. The summed E-state index contributed by atoms with van der Waals surface area (Å²) in [6.07, 6.45) is 0.840. The molecular weight excluding hydrogens is 264 g/mol. The molecule has 0 bridgehead atoms. The lowest BCUT2D eigenvalue weighted by Crippen LogP contribution is -2.11. The SMILES string of the molecule is COc1ccc(C2=NNC(c3ccccc3OC)C2)cc1. The van der Waals surface area contributed by atoms with E-state index in [1.807, 2.05) is 42.5 Å². The zero-order chi connectivity index (χ0) is 14.7. The minimum absolute atomic E-state index is 0.151. The van der Waals surface area contributed by atoms with Crippen LogP contribution < -0.4 is 14.9 Å². The lowest BCUT2D eigenvalue weighted by molar-refractivity contribution is 0.402. The third kappa shape index (κ3) is 2.70. The van der Waals surface area contributed by atoms with Crippen molar-refractivity contribution in [2.45, 2.75) is 12.5 Å². The van der Waals surface area contributed by atoms with E-state index in [1.54, 1.807) is 14.2 Å². The number of hydrazone groups is 1. The summed E-state index contributed by atoms with van der Waals surface area (Å²) in [7, 11) is 3.36. The zero-order valence-corrected chi connectivity index (χ0v) is 12.2. The molecule has 2 aromatic carbocycles. The highest BCUT2D eigenvalue weighted by atomic mass is 16.5. The molecule has 2 aromatic rings. The van der Waals surface area contributed by atoms with Gasteiger partial charge in [-0.15, -0.1) is 0 Å². The van der Waals surface area contributed by atoms with Crippen LogP contribution in [0.4, 0.5) is 0 Å². The molecule has 3 rings (SSSR count). The van der Waals surface area contributed by atoms with Crippen LogP contribution in [-0.4, -0.2) is 19.9 Å². The smallest absolute Gasteiger partial charge is 0.124 e. The first-order valence-electron chi connectivity index (χ1n) is 6.91. The normalized spacial score (nSPS) is 17.0. The number of nitrogens with zero attached hydrogens (tertiary/aromatic N) is 1. The van der Waals surface area contributed by atoms with Gasteiger partial charge in [0.2, 0.25) is 0 Å². The number of hydrogen-bond donors (Lipinski definition) is 1. The first-order chi connectivity index (χ1) is 10.3. The highest BCUT2D eigenvalue weighted by Crippen LogP contribution is 2.31. The average molecular weight is 282 g/mol. The third-order valence-electron chi connectivity index (χ3n) is 3.69. The monoisotopic (exact) mass is 282 g/mol. The van der Waals surface area contributed by atoms with Crippen LogP contribution in [0.25, 0.3) is 0 Å². The van der Waals surface area contributed by atoms with Crippen LogP contribution in [0.1, 0.15) is 23.6 Å². The molecule has 0 saturated carbocycles. The van der Waals surface area contributed by atoms with E-state index >= 15 is 0 Å². The number of nitrogens with one attached hydrogen (secondary N) is 1. The molecule has 0 amide bonds. The minimum atomic E-state index is 0.151. The zero-order valence-electron chi connectivity index (χ0n) is 12.2. The Morgan fingerprint density at radius 1 is 1.00 bits per heavy atom. The Labute approximate surface area is 124 Å². The summed E-state index contributed by atoms with van der Waals surface area (Å²) in [4.78, 5) is 0. The molecule has 0 aliphatic carbocycles. The van der Waals surface area contributed by atoms with Gasteiger partial charge in [-0.1, -0.05) is 18.2 Å². The quantitative estimate of drug-likeness (QED) is 0.936. The van der Waals surface area contributed by atoms with Gasteiger partial charge in [0, 0.05) is 12.0 Å². The van der Waals surface area contributed by atoms with Crippen molar-refractivity contribution in [3.05, 3.63) is 59.7 Å². The molecule has 1 unspecified atom stereocenters. The molecule has 1 aliphatic heterocycles. The predicted molar refractivity (Wildman–Crippen MR) is 83.0 cm³/mol. The van der Waals surface area contributed by atoms with Gasteiger partial charge >= 0.3 is 0 Å². The number of methoxy groups -OCH3 is 2. The van der Waals surface area contributed by atoms with Crippen LogP contribution in [0.15, 0.2) is 53.6 Å². The maximum Gasteiger partial charge on any atom is 0.124 e. The fourth-order valence-corrected chi connectivity index (χ4v) is 2.54. The van der Waals surface area contributed by atoms with Gasteiger partial charge in [0.1, 0.15) is 11.5 Å². The van der Waals surface area contributed by atoms with Crippen LogP contribution >= 0.6 is 0 Å². The maximum atomic E-state index is 5.42. The van der Waals surface area contributed by atoms with Crippen LogP contribution in [-0.2, 0) is 0 Å². The van der Waals surface area contributed by atoms with Crippen molar-refractivity contribution < 1.29 is 9.47 Å². The van der Waals surface area contributed by atoms with E-state index in [2.05, 4.69) is 16.6 Å². The fraction of sp³-hybridized carbons (Fsp3) is 0.235. The highest BCUT2D eigenvalue weighted by molar-refractivity contribution is 6.01. The van der Waals surface area contributed by atoms with Gasteiger partial charge in [-0.3, -0.25) is 0 Å². The second-order valence-electron chi connectivity index (χ2n) is 4.91. The Morgan fingerprint density at radius 3 is 2.48 bits per heavy atom. The first kappa shape index (κ1) is 13.5. The van der Waals surface area contributed by atoms with Gasteiger partial charge in [0.05, 0.1) is 26.0 Å².